The molecule has 0 spiro atoms. The third-order valence-electron chi connectivity index (χ3n) is 3.04. The second-order valence-corrected chi connectivity index (χ2v) is 4.78. The topological polar surface area (TPSA) is 73.2 Å². The summed E-state index contributed by atoms with van der Waals surface area (Å²) in [5.41, 5.74) is 3.16. The molecule has 1 aromatic carbocycles. The second kappa shape index (κ2) is 6.21. The predicted octanol–water partition coefficient (Wildman–Crippen LogP) is 1.93. The molecule has 6 heteroatoms. The van der Waals surface area contributed by atoms with Crippen LogP contribution in [-0.4, -0.2) is 28.8 Å². The van der Waals surface area contributed by atoms with Gasteiger partial charge >= 0.3 is 5.97 Å². The number of esters is 1. The molecular formula is C15H17N3O3. The first-order valence-electron chi connectivity index (χ1n) is 6.47. The van der Waals surface area contributed by atoms with Gasteiger partial charge in [-0.3, -0.25) is 14.3 Å². The Balaban J connectivity index is 2.07. The lowest BCUT2D eigenvalue weighted by atomic mass is 10.1. The number of hydrogen-bond acceptors (Lipinski definition) is 4. The number of ether oxygens (including phenoxy) is 1. The van der Waals surface area contributed by atoms with Gasteiger partial charge in [0.2, 0.25) is 0 Å². The number of anilines is 1. The lowest BCUT2D eigenvalue weighted by Gasteiger charge is -2.06. The average Bonchev–Trinajstić information content (AvgIpc) is 2.85. The normalized spacial score (nSPS) is 10.2. The number of methoxy groups -OCH3 is 1. The quantitative estimate of drug-likeness (QED) is 0.872. The summed E-state index contributed by atoms with van der Waals surface area (Å²) in [7, 11) is 1.31. The van der Waals surface area contributed by atoms with E-state index < -0.39 is 5.97 Å². The highest BCUT2D eigenvalue weighted by Crippen LogP contribution is 2.13. The van der Waals surface area contributed by atoms with Crippen LogP contribution in [0, 0.1) is 13.8 Å². The number of rotatable bonds is 4. The number of aromatic nitrogens is 2. The van der Waals surface area contributed by atoms with Gasteiger partial charge in [-0.25, -0.2) is 0 Å². The Bertz CT molecular complexity index is 677. The van der Waals surface area contributed by atoms with E-state index in [2.05, 4.69) is 15.2 Å². The molecule has 2 rings (SSSR count). The number of carbonyl (C=O) groups is 2. The van der Waals surface area contributed by atoms with Crippen molar-refractivity contribution in [2.45, 2.75) is 20.4 Å². The Morgan fingerprint density at radius 2 is 2.10 bits per heavy atom. The summed E-state index contributed by atoms with van der Waals surface area (Å²) in [5, 5.41) is 6.74. The summed E-state index contributed by atoms with van der Waals surface area (Å²) < 4.78 is 5.96. The van der Waals surface area contributed by atoms with Crippen molar-refractivity contribution in [2.75, 3.05) is 12.4 Å². The van der Waals surface area contributed by atoms with Gasteiger partial charge in [-0.05, 0) is 25.5 Å². The van der Waals surface area contributed by atoms with Gasteiger partial charge < -0.3 is 10.1 Å². The van der Waals surface area contributed by atoms with E-state index in [0.717, 1.165) is 11.1 Å². The average molecular weight is 287 g/mol. The van der Waals surface area contributed by atoms with E-state index in [4.69, 9.17) is 0 Å². The van der Waals surface area contributed by atoms with E-state index >= 15 is 0 Å². The van der Waals surface area contributed by atoms with Crippen molar-refractivity contribution in [1.82, 2.24) is 9.78 Å². The Kier molecular flexibility index (Phi) is 4.37. The lowest BCUT2D eigenvalue weighted by Crippen LogP contribution is -2.13. The van der Waals surface area contributed by atoms with Gasteiger partial charge in [-0.2, -0.15) is 5.10 Å². The SMILES string of the molecule is COC(=O)Cn1cc(NC(=O)c2ccc(C)cc2C)cn1. The minimum absolute atomic E-state index is 0.00985. The van der Waals surface area contributed by atoms with Crippen LogP contribution in [-0.2, 0) is 16.1 Å². The Morgan fingerprint density at radius 3 is 2.76 bits per heavy atom. The van der Waals surface area contributed by atoms with Crippen LogP contribution >= 0.6 is 0 Å². The zero-order chi connectivity index (χ0) is 15.4. The molecule has 110 valence electrons. The molecule has 21 heavy (non-hydrogen) atoms. The Hall–Kier alpha value is -2.63. The molecule has 1 amide bonds. The maximum Gasteiger partial charge on any atom is 0.327 e. The Morgan fingerprint density at radius 1 is 1.33 bits per heavy atom. The van der Waals surface area contributed by atoms with Crippen molar-refractivity contribution in [2.24, 2.45) is 0 Å². The standard InChI is InChI=1S/C15H17N3O3/c1-10-4-5-13(11(2)6-10)15(20)17-12-7-16-18(8-12)9-14(19)21-3/h4-8H,9H2,1-3H3,(H,17,20). The zero-order valence-electron chi connectivity index (χ0n) is 12.2. The molecule has 0 atom stereocenters. The minimum Gasteiger partial charge on any atom is -0.468 e. The van der Waals surface area contributed by atoms with Crippen molar-refractivity contribution in [1.29, 1.82) is 0 Å². The summed E-state index contributed by atoms with van der Waals surface area (Å²) in [6.07, 6.45) is 3.07. The van der Waals surface area contributed by atoms with Crippen molar-refractivity contribution in [3.8, 4) is 0 Å². The Labute approximate surface area is 122 Å². The van der Waals surface area contributed by atoms with Crippen molar-refractivity contribution >= 4 is 17.6 Å². The number of benzene rings is 1. The molecule has 0 aliphatic carbocycles. The molecule has 1 heterocycles. The van der Waals surface area contributed by atoms with Gasteiger partial charge in [0.25, 0.3) is 5.91 Å². The van der Waals surface area contributed by atoms with Crippen LogP contribution in [0.25, 0.3) is 0 Å². The van der Waals surface area contributed by atoms with E-state index in [9.17, 15) is 9.59 Å². The highest BCUT2D eigenvalue weighted by molar-refractivity contribution is 6.05. The molecule has 0 aliphatic heterocycles. The molecule has 0 aliphatic rings. The number of aryl methyl sites for hydroxylation is 2. The third-order valence-corrected chi connectivity index (χ3v) is 3.04. The van der Waals surface area contributed by atoms with Crippen LogP contribution in [0.5, 0.6) is 0 Å². The number of amides is 1. The molecule has 0 radical (unpaired) electrons. The fourth-order valence-electron chi connectivity index (χ4n) is 1.98. The number of carbonyl (C=O) groups excluding carboxylic acids is 2. The second-order valence-electron chi connectivity index (χ2n) is 4.78. The fraction of sp³-hybridized carbons (Fsp3) is 0.267. The molecule has 0 saturated heterocycles. The smallest absolute Gasteiger partial charge is 0.327 e. The van der Waals surface area contributed by atoms with Gasteiger partial charge in [0.05, 0.1) is 19.0 Å². The molecular weight excluding hydrogens is 270 g/mol. The fourth-order valence-corrected chi connectivity index (χ4v) is 1.98. The maximum absolute atomic E-state index is 12.2. The highest BCUT2D eigenvalue weighted by atomic mass is 16.5. The van der Waals surface area contributed by atoms with Crippen molar-refractivity contribution in [3.63, 3.8) is 0 Å². The van der Waals surface area contributed by atoms with Crippen LogP contribution < -0.4 is 5.32 Å². The molecule has 0 bridgehead atoms. The first kappa shape index (κ1) is 14.8. The number of nitrogens with zero attached hydrogens (tertiary/aromatic N) is 2. The van der Waals surface area contributed by atoms with Crippen molar-refractivity contribution < 1.29 is 14.3 Å². The van der Waals surface area contributed by atoms with Crippen LogP contribution in [0.2, 0.25) is 0 Å². The molecule has 0 unspecified atom stereocenters. The summed E-state index contributed by atoms with van der Waals surface area (Å²) in [5.74, 6) is -0.601. The molecule has 1 N–H and O–H groups in total. The molecule has 0 fully saturated rings. The van der Waals surface area contributed by atoms with E-state index in [1.54, 1.807) is 12.3 Å². The van der Waals surface area contributed by atoms with E-state index in [0.29, 0.717) is 11.3 Å². The summed E-state index contributed by atoms with van der Waals surface area (Å²) in [6.45, 7) is 3.88. The van der Waals surface area contributed by atoms with Crippen molar-refractivity contribution in [3.05, 3.63) is 47.3 Å². The summed E-state index contributed by atoms with van der Waals surface area (Å²) in [6, 6.07) is 5.64. The molecule has 0 saturated carbocycles. The van der Waals surface area contributed by atoms with Gasteiger partial charge in [0, 0.05) is 11.8 Å². The highest BCUT2D eigenvalue weighted by Gasteiger charge is 2.11. The zero-order valence-corrected chi connectivity index (χ0v) is 12.2. The van der Waals surface area contributed by atoms with Gasteiger partial charge in [0.15, 0.2) is 0 Å². The van der Waals surface area contributed by atoms with E-state index in [1.807, 2.05) is 26.0 Å². The van der Waals surface area contributed by atoms with Crippen LogP contribution in [0.1, 0.15) is 21.5 Å². The number of hydrogen-bond donors (Lipinski definition) is 1. The van der Waals surface area contributed by atoms with Gasteiger partial charge in [-0.1, -0.05) is 17.7 Å². The van der Waals surface area contributed by atoms with Gasteiger partial charge in [0.1, 0.15) is 6.54 Å². The summed E-state index contributed by atoms with van der Waals surface area (Å²) in [4.78, 5) is 23.3. The van der Waals surface area contributed by atoms with Crippen LogP contribution in [0.15, 0.2) is 30.6 Å². The summed E-state index contributed by atoms with van der Waals surface area (Å²) >= 11 is 0. The van der Waals surface area contributed by atoms with E-state index in [1.165, 1.54) is 18.0 Å². The monoisotopic (exact) mass is 287 g/mol. The molecule has 2 aromatic rings. The first-order chi connectivity index (χ1) is 9.99. The van der Waals surface area contributed by atoms with E-state index in [-0.39, 0.29) is 12.5 Å². The van der Waals surface area contributed by atoms with Gasteiger partial charge in [-0.15, -0.1) is 0 Å². The third kappa shape index (κ3) is 3.68. The van der Waals surface area contributed by atoms with Crippen LogP contribution in [0.4, 0.5) is 5.69 Å². The molecule has 6 nitrogen and oxygen atoms in total. The largest absolute Gasteiger partial charge is 0.468 e. The molecule has 1 aromatic heterocycles. The predicted molar refractivity (Wildman–Crippen MR) is 78.1 cm³/mol. The number of nitrogens with one attached hydrogen (secondary N) is 1. The van der Waals surface area contributed by atoms with Crippen LogP contribution in [0.3, 0.4) is 0 Å². The lowest BCUT2D eigenvalue weighted by molar-refractivity contribution is -0.141. The minimum atomic E-state index is -0.398. The maximum atomic E-state index is 12.2. The first-order valence-corrected chi connectivity index (χ1v) is 6.47.